The average molecular weight is 405 g/mol. The number of fused-ring (bicyclic) bond motifs is 1. The molecule has 2 amide bonds. The summed E-state index contributed by atoms with van der Waals surface area (Å²) in [4.78, 5) is 26.5. The Labute approximate surface area is 147 Å². The molecule has 0 spiro atoms. The lowest BCUT2D eigenvalue weighted by Crippen LogP contribution is -2.49. The van der Waals surface area contributed by atoms with Crippen LogP contribution in [0.25, 0.3) is 0 Å². The summed E-state index contributed by atoms with van der Waals surface area (Å²) >= 11 is 4.52. The highest BCUT2D eigenvalue weighted by molar-refractivity contribution is 9.10. The number of nitrogens with zero attached hydrogens (tertiary/aromatic N) is 1. The standard InChI is InChI=1S/C15H18BrFN2O3S/c1-15(2,3)22-14(21)18-10-7-23-12-5-8(16)9(17)6-11(12)19(4)13(10)20/h5-6,10H,7H2,1-4H3,(H,18,21)/t10-/m0/s1. The molecule has 2 rings (SSSR count). The first kappa shape index (κ1) is 18.1. The fraction of sp³-hybridized carbons (Fsp3) is 0.467. The van der Waals surface area contributed by atoms with Crippen molar-refractivity contribution in [3.05, 3.63) is 22.4 Å². The van der Waals surface area contributed by atoms with Gasteiger partial charge in [-0.3, -0.25) is 4.79 Å². The van der Waals surface area contributed by atoms with Crippen molar-refractivity contribution in [1.82, 2.24) is 5.32 Å². The highest BCUT2D eigenvalue weighted by Gasteiger charge is 2.31. The topological polar surface area (TPSA) is 58.6 Å². The van der Waals surface area contributed by atoms with E-state index in [1.165, 1.54) is 22.7 Å². The summed E-state index contributed by atoms with van der Waals surface area (Å²) < 4.78 is 19.3. The fourth-order valence-corrected chi connectivity index (χ4v) is 3.66. The van der Waals surface area contributed by atoms with Crippen molar-refractivity contribution >= 4 is 45.4 Å². The zero-order valence-corrected chi connectivity index (χ0v) is 15.7. The molecule has 1 N–H and O–H groups in total. The first-order valence-electron chi connectivity index (χ1n) is 6.97. The Morgan fingerprint density at radius 2 is 2.13 bits per heavy atom. The fourth-order valence-electron chi connectivity index (χ4n) is 2.05. The number of amides is 2. The Bertz CT molecular complexity index is 648. The van der Waals surface area contributed by atoms with Gasteiger partial charge in [0.1, 0.15) is 17.5 Å². The van der Waals surface area contributed by atoms with Gasteiger partial charge in [0.15, 0.2) is 0 Å². The second-order valence-corrected chi connectivity index (χ2v) is 8.06. The normalized spacial score (nSPS) is 18.3. The first-order valence-corrected chi connectivity index (χ1v) is 8.75. The molecule has 0 saturated carbocycles. The van der Waals surface area contributed by atoms with Gasteiger partial charge >= 0.3 is 6.09 Å². The lowest BCUT2D eigenvalue weighted by atomic mass is 10.2. The molecule has 1 aromatic rings. The second-order valence-electron chi connectivity index (χ2n) is 6.14. The number of carbonyl (C=O) groups is 2. The number of thioether (sulfide) groups is 1. The SMILES string of the molecule is CN1C(=O)[C@@H](NC(=O)OC(C)(C)C)CSc2cc(Br)c(F)cc21. The van der Waals surface area contributed by atoms with E-state index in [1.54, 1.807) is 33.9 Å². The smallest absolute Gasteiger partial charge is 0.408 e. The molecule has 0 aromatic heterocycles. The van der Waals surface area contributed by atoms with Gasteiger partial charge in [0.2, 0.25) is 5.91 Å². The monoisotopic (exact) mass is 404 g/mol. The minimum Gasteiger partial charge on any atom is -0.444 e. The molecular formula is C15H18BrFN2O3S. The molecule has 126 valence electrons. The lowest BCUT2D eigenvalue weighted by molar-refractivity contribution is -0.119. The van der Waals surface area contributed by atoms with Gasteiger partial charge in [0, 0.05) is 17.7 Å². The lowest BCUT2D eigenvalue weighted by Gasteiger charge is -2.24. The van der Waals surface area contributed by atoms with E-state index in [9.17, 15) is 14.0 Å². The van der Waals surface area contributed by atoms with Gasteiger partial charge < -0.3 is 15.0 Å². The van der Waals surface area contributed by atoms with Crippen molar-refractivity contribution in [2.24, 2.45) is 0 Å². The van der Waals surface area contributed by atoms with Crippen LogP contribution in [-0.2, 0) is 9.53 Å². The van der Waals surface area contributed by atoms with Crippen LogP contribution in [0, 0.1) is 5.82 Å². The predicted molar refractivity (Wildman–Crippen MR) is 91.4 cm³/mol. The van der Waals surface area contributed by atoms with E-state index < -0.39 is 23.6 Å². The summed E-state index contributed by atoms with van der Waals surface area (Å²) in [5.74, 6) is -0.417. The first-order chi connectivity index (χ1) is 10.6. The number of halogens is 2. The summed E-state index contributed by atoms with van der Waals surface area (Å²) in [5, 5.41) is 2.58. The summed E-state index contributed by atoms with van der Waals surface area (Å²) in [5.41, 5.74) is -0.164. The third kappa shape index (κ3) is 4.38. The van der Waals surface area contributed by atoms with E-state index in [2.05, 4.69) is 21.2 Å². The van der Waals surface area contributed by atoms with E-state index in [4.69, 9.17) is 4.74 Å². The van der Waals surface area contributed by atoms with Crippen LogP contribution in [-0.4, -0.2) is 36.4 Å². The van der Waals surface area contributed by atoms with Crippen LogP contribution in [0.2, 0.25) is 0 Å². The van der Waals surface area contributed by atoms with Crippen LogP contribution in [0.15, 0.2) is 21.5 Å². The Balaban J connectivity index is 2.19. The summed E-state index contributed by atoms with van der Waals surface area (Å²) in [6, 6.07) is 2.20. The number of nitrogens with one attached hydrogen (secondary N) is 1. The summed E-state index contributed by atoms with van der Waals surface area (Å²) in [6.07, 6.45) is -0.650. The number of ether oxygens (including phenoxy) is 1. The van der Waals surface area contributed by atoms with Gasteiger partial charge in [0.05, 0.1) is 10.2 Å². The van der Waals surface area contributed by atoms with Crippen molar-refractivity contribution in [2.45, 2.75) is 37.3 Å². The summed E-state index contributed by atoms with van der Waals surface area (Å²) in [6.45, 7) is 5.25. The maximum Gasteiger partial charge on any atom is 0.408 e. The zero-order valence-electron chi connectivity index (χ0n) is 13.3. The predicted octanol–water partition coefficient (Wildman–Crippen LogP) is 3.55. The molecule has 5 nitrogen and oxygen atoms in total. The molecule has 0 radical (unpaired) electrons. The van der Waals surface area contributed by atoms with E-state index in [-0.39, 0.29) is 5.91 Å². The van der Waals surface area contributed by atoms with Crippen molar-refractivity contribution in [1.29, 1.82) is 0 Å². The summed E-state index contributed by atoms with van der Waals surface area (Å²) in [7, 11) is 1.56. The second kappa shape index (κ2) is 6.68. The van der Waals surface area contributed by atoms with E-state index >= 15 is 0 Å². The van der Waals surface area contributed by atoms with E-state index in [0.29, 0.717) is 15.9 Å². The largest absolute Gasteiger partial charge is 0.444 e. The molecule has 8 heteroatoms. The molecule has 1 aliphatic rings. The van der Waals surface area contributed by atoms with Crippen LogP contribution in [0.1, 0.15) is 20.8 Å². The Kier molecular flexibility index (Phi) is 5.25. The minimum atomic E-state index is -0.742. The molecule has 23 heavy (non-hydrogen) atoms. The molecule has 1 aliphatic heterocycles. The van der Waals surface area contributed by atoms with Crippen LogP contribution >= 0.6 is 27.7 Å². The maximum atomic E-state index is 13.7. The highest BCUT2D eigenvalue weighted by Crippen LogP contribution is 2.37. The number of benzene rings is 1. The van der Waals surface area contributed by atoms with E-state index in [0.717, 1.165) is 4.90 Å². The van der Waals surface area contributed by atoms with Crippen molar-refractivity contribution in [3.8, 4) is 0 Å². The van der Waals surface area contributed by atoms with Crippen LogP contribution in [0.3, 0.4) is 0 Å². The third-order valence-electron chi connectivity index (χ3n) is 3.09. The van der Waals surface area contributed by atoms with Crippen molar-refractivity contribution in [2.75, 3.05) is 17.7 Å². The molecule has 1 aromatic carbocycles. The Morgan fingerprint density at radius 1 is 1.48 bits per heavy atom. The number of alkyl carbamates (subject to hydrolysis) is 1. The van der Waals surface area contributed by atoms with Gasteiger partial charge in [-0.25, -0.2) is 9.18 Å². The number of hydrogen-bond donors (Lipinski definition) is 1. The molecule has 1 atom stereocenters. The molecule has 0 aliphatic carbocycles. The van der Waals surface area contributed by atoms with Crippen LogP contribution in [0.4, 0.5) is 14.9 Å². The van der Waals surface area contributed by atoms with Gasteiger partial charge in [-0.2, -0.15) is 0 Å². The Morgan fingerprint density at radius 3 is 2.74 bits per heavy atom. The van der Waals surface area contributed by atoms with Crippen molar-refractivity contribution in [3.63, 3.8) is 0 Å². The number of hydrogen-bond acceptors (Lipinski definition) is 4. The van der Waals surface area contributed by atoms with Crippen LogP contribution < -0.4 is 10.2 Å². The van der Waals surface area contributed by atoms with Gasteiger partial charge in [0.25, 0.3) is 0 Å². The zero-order chi connectivity index (χ0) is 17.4. The number of carbonyl (C=O) groups excluding carboxylic acids is 2. The molecule has 1 heterocycles. The Hall–Kier alpha value is -1.28. The van der Waals surface area contributed by atoms with E-state index in [1.807, 2.05) is 0 Å². The minimum absolute atomic E-state index is 0.316. The molecule has 0 saturated heterocycles. The van der Waals surface area contributed by atoms with Gasteiger partial charge in [-0.05, 0) is 48.8 Å². The third-order valence-corrected chi connectivity index (χ3v) is 4.83. The number of anilines is 1. The maximum absolute atomic E-state index is 13.7. The average Bonchev–Trinajstić information content (AvgIpc) is 2.51. The van der Waals surface area contributed by atoms with Crippen LogP contribution in [0.5, 0.6) is 0 Å². The van der Waals surface area contributed by atoms with Gasteiger partial charge in [-0.1, -0.05) is 0 Å². The molecule has 0 bridgehead atoms. The quantitative estimate of drug-likeness (QED) is 0.777. The molecule has 0 fully saturated rings. The molecular weight excluding hydrogens is 387 g/mol. The van der Waals surface area contributed by atoms with Crippen molar-refractivity contribution < 1.29 is 18.7 Å². The highest BCUT2D eigenvalue weighted by atomic mass is 79.9. The number of rotatable bonds is 1. The molecule has 0 unspecified atom stereocenters. The number of likely N-dealkylation sites (N-methyl/N-ethyl adjacent to an activating group) is 1. The van der Waals surface area contributed by atoms with Gasteiger partial charge in [-0.15, -0.1) is 11.8 Å².